The maximum atomic E-state index is 5.15. The van der Waals surface area contributed by atoms with Crippen LogP contribution in [0.1, 0.15) is 23.4 Å². The Bertz CT molecular complexity index is 363. The fraction of sp³-hybridized carbons (Fsp3) is 0.786. The Kier molecular flexibility index (Phi) is 5.36. The minimum absolute atomic E-state index is 0.865. The first-order valence-corrected chi connectivity index (χ1v) is 7.20. The molecule has 2 rings (SSSR count). The van der Waals surface area contributed by atoms with Crippen molar-refractivity contribution >= 4 is 0 Å². The average molecular weight is 266 g/mol. The molecule has 0 amide bonds. The molecule has 19 heavy (non-hydrogen) atoms. The van der Waals surface area contributed by atoms with Crippen molar-refractivity contribution in [3.05, 3.63) is 17.0 Å². The Labute approximate surface area is 115 Å². The van der Waals surface area contributed by atoms with Crippen molar-refractivity contribution in [2.24, 2.45) is 0 Å². The molecule has 1 aromatic heterocycles. The monoisotopic (exact) mass is 266 g/mol. The lowest BCUT2D eigenvalue weighted by Gasteiger charge is -2.32. The van der Waals surface area contributed by atoms with Gasteiger partial charge in [-0.2, -0.15) is 0 Å². The van der Waals surface area contributed by atoms with E-state index in [1.54, 1.807) is 0 Å². The molecule has 0 spiro atoms. The van der Waals surface area contributed by atoms with Crippen LogP contribution in [-0.2, 0) is 6.54 Å². The minimum Gasteiger partial charge on any atom is -0.361 e. The van der Waals surface area contributed by atoms with E-state index in [0.717, 1.165) is 24.5 Å². The minimum atomic E-state index is 0.865. The van der Waals surface area contributed by atoms with Crippen molar-refractivity contribution in [1.29, 1.82) is 0 Å². The number of rotatable bonds is 6. The first-order chi connectivity index (χ1) is 9.16. The van der Waals surface area contributed by atoms with Crippen LogP contribution in [-0.4, -0.2) is 61.3 Å². The summed E-state index contributed by atoms with van der Waals surface area (Å²) in [6.45, 7) is 11.9. The Hall–Kier alpha value is -0.910. The van der Waals surface area contributed by atoms with Gasteiger partial charge in [-0.25, -0.2) is 0 Å². The zero-order valence-electron chi connectivity index (χ0n) is 12.4. The number of piperazine rings is 1. The zero-order valence-corrected chi connectivity index (χ0v) is 12.4. The van der Waals surface area contributed by atoms with Crippen molar-refractivity contribution in [3.63, 3.8) is 0 Å². The summed E-state index contributed by atoms with van der Waals surface area (Å²) in [5.74, 6) is 0.934. The van der Waals surface area contributed by atoms with Crippen LogP contribution >= 0.6 is 0 Å². The van der Waals surface area contributed by atoms with Gasteiger partial charge in [0.2, 0.25) is 0 Å². The van der Waals surface area contributed by atoms with Crippen LogP contribution in [0.4, 0.5) is 0 Å². The fourth-order valence-corrected chi connectivity index (χ4v) is 2.47. The molecule has 5 nitrogen and oxygen atoms in total. The van der Waals surface area contributed by atoms with Crippen molar-refractivity contribution in [2.75, 3.05) is 46.3 Å². The van der Waals surface area contributed by atoms with Crippen LogP contribution in [0, 0.1) is 13.8 Å². The summed E-state index contributed by atoms with van der Waals surface area (Å²) in [4.78, 5) is 4.95. The van der Waals surface area contributed by atoms with Crippen LogP contribution < -0.4 is 5.32 Å². The summed E-state index contributed by atoms with van der Waals surface area (Å²) >= 11 is 0. The van der Waals surface area contributed by atoms with Gasteiger partial charge in [-0.1, -0.05) is 5.16 Å². The normalized spacial score (nSPS) is 18.1. The summed E-state index contributed by atoms with van der Waals surface area (Å²) in [6, 6.07) is 0. The number of hydrogen-bond acceptors (Lipinski definition) is 5. The molecular formula is C14H26N4O. The fourth-order valence-electron chi connectivity index (χ4n) is 2.47. The predicted molar refractivity (Wildman–Crippen MR) is 76.2 cm³/mol. The highest BCUT2D eigenvalue weighted by atomic mass is 16.5. The molecule has 1 aromatic rings. The lowest BCUT2D eigenvalue weighted by molar-refractivity contribution is 0.152. The molecule has 0 bridgehead atoms. The van der Waals surface area contributed by atoms with Gasteiger partial charge in [-0.05, 0) is 40.4 Å². The molecular weight excluding hydrogens is 240 g/mol. The van der Waals surface area contributed by atoms with Gasteiger partial charge in [0.05, 0.1) is 5.69 Å². The molecule has 0 aliphatic carbocycles. The molecule has 1 aliphatic rings. The number of likely N-dealkylation sites (N-methyl/N-ethyl adjacent to an activating group) is 1. The van der Waals surface area contributed by atoms with Gasteiger partial charge in [0, 0.05) is 38.3 Å². The highest BCUT2D eigenvalue weighted by molar-refractivity contribution is 5.20. The van der Waals surface area contributed by atoms with Crippen LogP contribution in [0.3, 0.4) is 0 Å². The summed E-state index contributed by atoms with van der Waals surface area (Å²) in [7, 11) is 2.20. The summed E-state index contributed by atoms with van der Waals surface area (Å²) in [6.07, 6.45) is 1.20. The number of aryl methyl sites for hydroxylation is 2. The highest BCUT2D eigenvalue weighted by Crippen LogP contribution is 2.11. The second kappa shape index (κ2) is 7.03. The highest BCUT2D eigenvalue weighted by Gasteiger charge is 2.13. The van der Waals surface area contributed by atoms with Crippen LogP contribution in [0.15, 0.2) is 4.52 Å². The van der Waals surface area contributed by atoms with Gasteiger partial charge >= 0.3 is 0 Å². The number of nitrogens with zero attached hydrogens (tertiary/aromatic N) is 3. The standard InChI is InChI=1S/C14H26N4O/c1-12-14(13(2)19-16-12)11-15-5-4-6-18-9-7-17(3)8-10-18/h15H,4-11H2,1-3H3. The molecule has 1 fully saturated rings. The van der Waals surface area contributed by atoms with Crippen LogP contribution in [0.5, 0.6) is 0 Å². The Balaban J connectivity index is 1.57. The van der Waals surface area contributed by atoms with E-state index in [1.165, 1.54) is 44.7 Å². The van der Waals surface area contributed by atoms with E-state index in [4.69, 9.17) is 4.52 Å². The third-order valence-electron chi connectivity index (χ3n) is 3.91. The van der Waals surface area contributed by atoms with Gasteiger partial charge in [0.1, 0.15) is 5.76 Å². The smallest absolute Gasteiger partial charge is 0.138 e. The topological polar surface area (TPSA) is 44.5 Å². The lowest BCUT2D eigenvalue weighted by atomic mass is 10.2. The molecule has 1 saturated heterocycles. The molecule has 5 heteroatoms. The molecule has 1 N–H and O–H groups in total. The van der Waals surface area contributed by atoms with Crippen molar-refractivity contribution in [3.8, 4) is 0 Å². The molecule has 108 valence electrons. The summed E-state index contributed by atoms with van der Waals surface area (Å²) in [5, 5.41) is 7.45. The van der Waals surface area contributed by atoms with Crippen molar-refractivity contribution < 1.29 is 4.52 Å². The third kappa shape index (κ3) is 4.30. The molecule has 0 saturated carbocycles. The second-order valence-electron chi connectivity index (χ2n) is 5.48. The molecule has 0 unspecified atom stereocenters. The van der Waals surface area contributed by atoms with Gasteiger partial charge in [-0.3, -0.25) is 0 Å². The zero-order chi connectivity index (χ0) is 13.7. The Morgan fingerprint density at radius 1 is 1.21 bits per heavy atom. The largest absolute Gasteiger partial charge is 0.361 e. The molecule has 1 aliphatic heterocycles. The van der Waals surface area contributed by atoms with E-state index in [1.807, 2.05) is 13.8 Å². The maximum absolute atomic E-state index is 5.15. The van der Waals surface area contributed by atoms with E-state index >= 15 is 0 Å². The van der Waals surface area contributed by atoms with E-state index in [-0.39, 0.29) is 0 Å². The molecule has 0 aromatic carbocycles. The van der Waals surface area contributed by atoms with Crippen LogP contribution in [0.2, 0.25) is 0 Å². The lowest BCUT2D eigenvalue weighted by Crippen LogP contribution is -2.45. The van der Waals surface area contributed by atoms with Gasteiger partial charge in [-0.15, -0.1) is 0 Å². The molecule has 0 atom stereocenters. The summed E-state index contributed by atoms with van der Waals surface area (Å²) in [5.41, 5.74) is 2.21. The van der Waals surface area contributed by atoms with Crippen molar-refractivity contribution in [1.82, 2.24) is 20.3 Å². The SMILES string of the molecule is Cc1noc(C)c1CNCCCN1CCN(C)CC1. The van der Waals surface area contributed by atoms with E-state index in [2.05, 4.69) is 27.3 Å². The number of aromatic nitrogens is 1. The van der Waals surface area contributed by atoms with Crippen molar-refractivity contribution in [2.45, 2.75) is 26.8 Å². The average Bonchev–Trinajstić information content (AvgIpc) is 2.72. The van der Waals surface area contributed by atoms with E-state index < -0.39 is 0 Å². The number of nitrogens with one attached hydrogen (secondary N) is 1. The third-order valence-corrected chi connectivity index (χ3v) is 3.91. The van der Waals surface area contributed by atoms with Gasteiger partial charge in [0.25, 0.3) is 0 Å². The van der Waals surface area contributed by atoms with Gasteiger partial charge < -0.3 is 19.6 Å². The Morgan fingerprint density at radius 3 is 2.58 bits per heavy atom. The second-order valence-corrected chi connectivity index (χ2v) is 5.48. The Morgan fingerprint density at radius 2 is 1.95 bits per heavy atom. The predicted octanol–water partition coefficient (Wildman–Crippen LogP) is 1.02. The van der Waals surface area contributed by atoms with Gasteiger partial charge in [0.15, 0.2) is 0 Å². The van der Waals surface area contributed by atoms with E-state index in [9.17, 15) is 0 Å². The number of hydrogen-bond donors (Lipinski definition) is 1. The van der Waals surface area contributed by atoms with Crippen LogP contribution in [0.25, 0.3) is 0 Å². The molecule has 0 radical (unpaired) electrons. The van der Waals surface area contributed by atoms with E-state index in [0.29, 0.717) is 0 Å². The quantitative estimate of drug-likeness (QED) is 0.779. The maximum Gasteiger partial charge on any atom is 0.138 e. The summed E-state index contributed by atoms with van der Waals surface area (Å²) < 4.78 is 5.15. The first kappa shape index (κ1) is 14.5. The first-order valence-electron chi connectivity index (χ1n) is 7.20. The molecule has 2 heterocycles.